The van der Waals surface area contributed by atoms with Crippen LogP contribution in [0, 0.1) is 0 Å². The lowest BCUT2D eigenvalue weighted by Gasteiger charge is -2.14. The van der Waals surface area contributed by atoms with E-state index in [-0.39, 0.29) is 29.7 Å². The second-order valence-corrected chi connectivity index (χ2v) is 8.34. The monoisotopic (exact) mass is 432 g/mol. The molecular weight excluding hydrogens is 410 g/mol. The maximum Gasteiger partial charge on any atom is 0.338 e. The topological polar surface area (TPSA) is 140 Å². The van der Waals surface area contributed by atoms with Gasteiger partial charge in [-0.25, -0.2) is 23.3 Å². The number of rotatable bonds is 7. The van der Waals surface area contributed by atoms with Crippen LogP contribution in [-0.4, -0.2) is 38.9 Å². The van der Waals surface area contributed by atoms with Crippen LogP contribution < -0.4 is 15.4 Å². The van der Waals surface area contributed by atoms with Gasteiger partial charge >= 0.3 is 5.97 Å². The van der Waals surface area contributed by atoms with Crippen molar-refractivity contribution in [1.82, 2.24) is 0 Å². The fraction of sp³-hybridized carbons (Fsp3) is 0.250. The Labute approximate surface area is 173 Å². The highest BCUT2D eigenvalue weighted by atomic mass is 32.2. The largest absolute Gasteiger partial charge is 0.462 e. The number of nitrogens with two attached hydrogens (primary N) is 2. The molecule has 2 amide bonds. The highest BCUT2D eigenvalue weighted by Crippen LogP contribution is 2.22. The number of ether oxygens (including phenoxy) is 1. The zero-order valence-electron chi connectivity index (χ0n) is 16.3. The highest BCUT2D eigenvalue weighted by Gasteiger charge is 2.42. The minimum absolute atomic E-state index is 0.0100. The lowest BCUT2D eigenvalue weighted by molar-refractivity contribution is -0.690. The lowest BCUT2D eigenvalue weighted by atomic mass is 10.2. The van der Waals surface area contributed by atoms with E-state index >= 15 is 0 Å². The second kappa shape index (κ2) is 8.74. The first-order chi connectivity index (χ1) is 14.2. The van der Waals surface area contributed by atoms with Gasteiger partial charge in [0.25, 0.3) is 5.91 Å². The van der Waals surface area contributed by atoms with E-state index < -0.39 is 22.0 Å². The quantitative estimate of drug-likeness (QED) is 0.463. The minimum Gasteiger partial charge on any atom is -0.462 e. The van der Waals surface area contributed by atoms with Gasteiger partial charge < -0.3 is 10.1 Å². The Morgan fingerprint density at radius 1 is 1.13 bits per heavy atom. The van der Waals surface area contributed by atoms with Crippen molar-refractivity contribution in [3.05, 3.63) is 59.7 Å². The number of quaternary nitrogens is 1. The van der Waals surface area contributed by atoms with Crippen LogP contribution in [0.25, 0.3) is 0 Å². The molecule has 0 unspecified atom stereocenters. The van der Waals surface area contributed by atoms with Crippen LogP contribution in [0.15, 0.2) is 53.4 Å². The summed E-state index contributed by atoms with van der Waals surface area (Å²) in [5, 5.41) is 6.81. The Morgan fingerprint density at radius 3 is 2.33 bits per heavy atom. The van der Waals surface area contributed by atoms with E-state index in [0.29, 0.717) is 17.8 Å². The van der Waals surface area contributed by atoms with Gasteiger partial charge in [-0.3, -0.25) is 9.59 Å². The zero-order valence-corrected chi connectivity index (χ0v) is 17.1. The van der Waals surface area contributed by atoms with Crippen LogP contribution >= 0.6 is 0 Å². The Kier molecular flexibility index (Phi) is 6.30. The van der Waals surface area contributed by atoms with Gasteiger partial charge in [0.05, 0.1) is 29.2 Å². The zero-order chi connectivity index (χ0) is 21.9. The van der Waals surface area contributed by atoms with Gasteiger partial charge in [-0.2, -0.15) is 0 Å². The van der Waals surface area contributed by atoms with Gasteiger partial charge in [-0.05, 0) is 43.3 Å². The Bertz CT molecular complexity index is 1060. The van der Waals surface area contributed by atoms with E-state index in [9.17, 15) is 22.8 Å². The molecule has 1 fully saturated rings. The standard InChI is InChI=1S/C20H21N3O6S/c1-2-29-20(26)14-5-7-15(8-6-14)23-18(24)11-17(19(23)25)22-12-13-3-9-16(10-4-13)30(21,27)28/h3-10,17,22H,2,11-12H2,1H3,(H2,21,27,28)/p+1/t17-/m0/s1. The summed E-state index contributed by atoms with van der Waals surface area (Å²) in [6, 6.07) is 11.5. The van der Waals surface area contributed by atoms with Crippen LogP contribution in [-0.2, 0) is 30.9 Å². The van der Waals surface area contributed by atoms with Crippen LogP contribution in [0.4, 0.5) is 5.69 Å². The van der Waals surface area contributed by atoms with Crippen LogP contribution in [0.1, 0.15) is 29.3 Å². The molecule has 0 saturated carbocycles. The first-order valence-corrected chi connectivity index (χ1v) is 10.8. The molecule has 0 spiro atoms. The molecule has 0 radical (unpaired) electrons. The van der Waals surface area contributed by atoms with E-state index in [1.165, 1.54) is 36.4 Å². The van der Waals surface area contributed by atoms with E-state index in [4.69, 9.17) is 9.88 Å². The van der Waals surface area contributed by atoms with Gasteiger partial charge in [0.15, 0.2) is 6.04 Å². The number of sulfonamides is 1. The molecule has 10 heteroatoms. The molecule has 1 aliphatic heterocycles. The molecule has 2 aromatic carbocycles. The van der Waals surface area contributed by atoms with Crippen molar-refractivity contribution >= 4 is 33.5 Å². The molecule has 1 heterocycles. The fourth-order valence-electron chi connectivity index (χ4n) is 3.17. The summed E-state index contributed by atoms with van der Waals surface area (Å²) in [4.78, 5) is 38.0. The SMILES string of the molecule is CCOC(=O)c1ccc(N2C(=O)C[C@H]([NH2+]Cc3ccc(S(N)(=O)=O)cc3)C2=O)cc1. The molecule has 3 rings (SSSR count). The van der Waals surface area contributed by atoms with E-state index in [1.807, 2.05) is 0 Å². The highest BCUT2D eigenvalue weighted by molar-refractivity contribution is 7.89. The molecule has 158 valence electrons. The molecule has 9 nitrogen and oxygen atoms in total. The molecule has 0 aliphatic carbocycles. The number of carbonyl (C=O) groups is 3. The Balaban J connectivity index is 1.65. The number of benzene rings is 2. The molecule has 30 heavy (non-hydrogen) atoms. The predicted molar refractivity (Wildman–Crippen MR) is 107 cm³/mol. The number of amides is 2. The third-order valence-corrected chi connectivity index (χ3v) is 5.64. The summed E-state index contributed by atoms with van der Waals surface area (Å²) in [6.45, 7) is 2.36. The smallest absolute Gasteiger partial charge is 0.338 e. The van der Waals surface area contributed by atoms with E-state index in [0.717, 1.165) is 10.5 Å². The molecular formula is C20H22N3O6S+. The van der Waals surface area contributed by atoms with Crippen molar-refractivity contribution in [2.24, 2.45) is 5.14 Å². The third kappa shape index (κ3) is 4.73. The number of nitrogens with zero attached hydrogens (tertiary/aromatic N) is 1. The number of hydrogen-bond acceptors (Lipinski definition) is 6. The van der Waals surface area contributed by atoms with Gasteiger partial charge in [0.1, 0.15) is 6.54 Å². The first-order valence-electron chi connectivity index (χ1n) is 9.29. The van der Waals surface area contributed by atoms with Crippen molar-refractivity contribution in [2.45, 2.75) is 30.8 Å². The average molecular weight is 432 g/mol. The summed E-state index contributed by atoms with van der Waals surface area (Å²) in [5.41, 5.74) is 1.53. The minimum atomic E-state index is -3.76. The van der Waals surface area contributed by atoms with Gasteiger partial charge in [-0.15, -0.1) is 0 Å². The van der Waals surface area contributed by atoms with Crippen molar-refractivity contribution in [3.8, 4) is 0 Å². The summed E-state index contributed by atoms with van der Waals surface area (Å²) >= 11 is 0. The average Bonchev–Trinajstić information content (AvgIpc) is 2.99. The second-order valence-electron chi connectivity index (χ2n) is 6.77. The van der Waals surface area contributed by atoms with E-state index in [1.54, 1.807) is 24.4 Å². The van der Waals surface area contributed by atoms with Gasteiger partial charge in [0.2, 0.25) is 15.9 Å². The summed E-state index contributed by atoms with van der Waals surface area (Å²) in [7, 11) is -3.76. The molecule has 1 atom stereocenters. The van der Waals surface area contributed by atoms with Crippen LogP contribution in [0.5, 0.6) is 0 Å². The Hall–Kier alpha value is -3.08. The van der Waals surface area contributed by atoms with Crippen molar-refractivity contribution in [1.29, 1.82) is 0 Å². The molecule has 0 bridgehead atoms. The number of imide groups is 1. The first kappa shape index (κ1) is 21.6. The van der Waals surface area contributed by atoms with Gasteiger partial charge in [0, 0.05) is 5.56 Å². The van der Waals surface area contributed by atoms with Crippen molar-refractivity contribution in [2.75, 3.05) is 11.5 Å². The molecule has 2 aromatic rings. The van der Waals surface area contributed by atoms with E-state index in [2.05, 4.69) is 0 Å². The number of carbonyl (C=O) groups excluding carboxylic acids is 3. The van der Waals surface area contributed by atoms with Crippen molar-refractivity contribution < 1.29 is 32.9 Å². The maximum absolute atomic E-state index is 12.7. The Morgan fingerprint density at radius 2 is 1.77 bits per heavy atom. The number of hydrogen-bond donors (Lipinski definition) is 2. The lowest BCUT2D eigenvalue weighted by Crippen LogP contribution is -2.90. The number of anilines is 1. The fourth-order valence-corrected chi connectivity index (χ4v) is 3.68. The normalized spacial score (nSPS) is 16.7. The maximum atomic E-state index is 12.7. The van der Waals surface area contributed by atoms with Crippen molar-refractivity contribution in [3.63, 3.8) is 0 Å². The number of esters is 1. The predicted octanol–water partition coefficient (Wildman–Crippen LogP) is -0.0938. The number of primary sulfonamides is 1. The molecule has 1 aliphatic rings. The summed E-state index contributed by atoms with van der Waals surface area (Å²) < 4.78 is 27.5. The third-order valence-electron chi connectivity index (χ3n) is 4.71. The van der Waals surface area contributed by atoms with Crippen LogP contribution in [0.3, 0.4) is 0 Å². The molecule has 0 aromatic heterocycles. The summed E-state index contributed by atoms with van der Waals surface area (Å²) in [6.07, 6.45) is 0.0493. The molecule has 4 N–H and O–H groups in total. The van der Waals surface area contributed by atoms with Gasteiger partial charge in [-0.1, -0.05) is 12.1 Å². The van der Waals surface area contributed by atoms with Crippen LogP contribution in [0.2, 0.25) is 0 Å². The molecule has 1 saturated heterocycles. The summed E-state index contributed by atoms with van der Waals surface area (Å²) in [5.74, 6) is -1.14.